The fraction of sp³-hybridized carbons (Fsp3) is 0.750. The summed E-state index contributed by atoms with van der Waals surface area (Å²) >= 11 is 0. The van der Waals surface area contributed by atoms with E-state index in [2.05, 4.69) is 42.5 Å². The molecule has 21 heavy (non-hydrogen) atoms. The van der Waals surface area contributed by atoms with E-state index in [9.17, 15) is 0 Å². The topological polar surface area (TPSA) is 58.3 Å². The molecule has 0 spiro atoms. The van der Waals surface area contributed by atoms with E-state index in [1.54, 1.807) is 0 Å². The molecule has 0 radical (unpaired) electrons. The number of hydrogen-bond donors (Lipinski definition) is 1. The number of nitrogens with two attached hydrogens (primary N) is 1. The normalized spacial score (nSPS) is 27.0. The maximum Gasteiger partial charge on any atom is 0.138 e. The monoisotopic (exact) mass is 289 g/mol. The molecular formula is C16H27N5. The molecule has 2 N–H and O–H groups in total. The van der Waals surface area contributed by atoms with E-state index in [0.717, 1.165) is 24.7 Å². The zero-order valence-corrected chi connectivity index (χ0v) is 13.6. The minimum Gasteiger partial charge on any atom is -0.384 e. The smallest absolute Gasteiger partial charge is 0.138 e. The van der Waals surface area contributed by atoms with Crippen molar-refractivity contribution in [1.82, 2.24) is 14.9 Å². The highest BCUT2D eigenvalue weighted by Gasteiger charge is 2.35. The number of anilines is 2. The summed E-state index contributed by atoms with van der Waals surface area (Å²) in [5.41, 5.74) is 5.95. The lowest BCUT2D eigenvalue weighted by molar-refractivity contribution is 0.202. The molecule has 1 aromatic rings. The number of hydrogen-bond acceptors (Lipinski definition) is 5. The van der Waals surface area contributed by atoms with Crippen LogP contribution in [0.2, 0.25) is 0 Å². The molecule has 2 saturated heterocycles. The van der Waals surface area contributed by atoms with Crippen LogP contribution in [0.3, 0.4) is 0 Å². The van der Waals surface area contributed by atoms with Gasteiger partial charge in [0.15, 0.2) is 0 Å². The van der Waals surface area contributed by atoms with E-state index >= 15 is 0 Å². The van der Waals surface area contributed by atoms with Crippen LogP contribution in [-0.2, 0) is 5.41 Å². The molecule has 0 saturated carbocycles. The first-order valence-electron chi connectivity index (χ1n) is 8.00. The van der Waals surface area contributed by atoms with Crippen molar-refractivity contribution in [3.05, 3.63) is 11.9 Å². The van der Waals surface area contributed by atoms with Gasteiger partial charge in [0.2, 0.25) is 0 Å². The summed E-state index contributed by atoms with van der Waals surface area (Å²) in [6.45, 7) is 12.1. The first-order valence-corrected chi connectivity index (χ1v) is 8.00. The minimum absolute atomic E-state index is 0.0808. The second kappa shape index (κ2) is 5.13. The average Bonchev–Trinajstić information content (AvgIpc) is 2.83. The van der Waals surface area contributed by atoms with Crippen LogP contribution in [-0.4, -0.2) is 46.6 Å². The molecule has 2 fully saturated rings. The molecular weight excluding hydrogens is 262 g/mol. The van der Waals surface area contributed by atoms with Gasteiger partial charge in [0, 0.05) is 36.7 Å². The molecule has 2 atom stereocenters. The first-order chi connectivity index (χ1) is 9.84. The number of rotatable bonds is 1. The third-order valence-corrected chi connectivity index (χ3v) is 4.63. The molecule has 2 aliphatic rings. The quantitative estimate of drug-likeness (QED) is 0.857. The highest BCUT2D eigenvalue weighted by atomic mass is 15.3. The van der Waals surface area contributed by atoms with Crippen LogP contribution in [0, 0.1) is 0 Å². The van der Waals surface area contributed by atoms with E-state index in [4.69, 9.17) is 10.7 Å². The third kappa shape index (κ3) is 2.84. The average molecular weight is 289 g/mol. The summed E-state index contributed by atoms with van der Waals surface area (Å²) in [6, 6.07) is 3.08. The summed E-state index contributed by atoms with van der Waals surface area (Å²) in [6.07, 6.45) is 2.63. The van der Waals surface area contributed by atoms with Crippen molar-refractivity contribution < 1.29 is 0 Å². The number of piperazine rings is 1. The van der Waals surface area contributed by atoms with Crippen molar-refractivity contribution >= 4 is 11.6 Å². The Morgan fingerprint density at radius 2 is 2.00 bits per heavy atom. The molecule has 2 unspecified atom stereocenters. The van der Waals surface area contributed by atoms with Gasteiger partial charge < -0.3 is 10.6 Å². The predicted molar refractivity (Wildman–Crippen MR) is 86.5 cm³/mol. The molecule has 0 bridgehead atoms. The van der Waals surface area contributed by atoms with Crippen LogP contribution in [0.25, 0.3) is 0 Å². The molecule has 5 heteroatoms. The summed E-state index contributed by atoms with van der Waals surface area (Å²) in [5.74, 6) is 2.40. The fourth-order valence-electron chi connectivity index (χ4n) is 3.44. The minimum atomic E-state index is -0.0808. The third-order valence-electron chi connectivity index (χ3n) is 4.63. The maximum absolute atomic E-state index is 6.03. The van der Waals surface area contributed by atoms with Crippen LogP contribution in [0.15, 0.2) is 6.07 Å². The second-order valence-electron chi connectivity index (χ2n) is 7.52. The molecule has 3 rings (SSSR count). The lowest BCUT2D eigenvalue weighted by Gasteiger charge is -2.43. The van der Waals surface area contributed by atoms with Crippen molar-refractivity contribution in [1.29, 1.82) is 0 Å². The van der Waals surface area contributed by atoms with E-state index in [0.29, 0.717) is 17.9 Å². The zero-order chi connectivity index (χ0) is 15.2. The van der Waals surface area contributed by atoms with Crippen molar-refractivity contribution in [3.63, 3.8) is 0 Å². The molecule has 0 aromatic carbocycles. The van der Waals surface area contributed by atoms with Gasteiger partial charge in [0.05, 0.1) is 0 Å². The van der Waals surface area contributed by atoms with Crippen LogP contribution in [0.4, 0.5) is 11.6 Å². The Balaban J connectivity index is 1.90. The molecule has 116 valence electrons. The van der Waals surface area contributed by atoms with Crippen molar-refractivity contribution in [3.8, 4) is 0 Å². The molecule has 3 heterocycles. The zero-order valence-electron chi connectivity index (χ0n) is 13.6. The summed E-state index contributed by atoms with van der Waals surface area (Å²) in [4.78, 5) is 14.3. The summed E-state index contributed by atoms with van der Waals surface area (Å²) in [5, 5.41) is 0. The Hall–Kier alpha value is -1.36. The lowest BCUT2D eigenvalue weighted by atomic mass is 9.95. The number of aromatic nitrogens is 2. The lowest BCUT2D eigenvalue weighted by Crippen LogP contribution is -2.55. The Kier molecular flexibility index (Phi) is 3.56. The highest BCUT2D eigenvalue weighted by molar-refractivity contribution is 5.49. The van der Waals surface area contributed by atoms with Crippen molar-refractivity contribution in [2.75, 3.05) is 30.3 Å². The fourth-order valence-corrected chi connectivity index (χ4v) is 3.44. The van der Waals surface area contributed by atoms with E-state index < -0.39 is 0 Å². The van der Waals surface area contributed by atoms with Gasteiger partial charge in [-0.25, -0.2) is 9.97 Å². The van der Waals surface area contributed by atoms with Gasteiger partial charge in [-0.3, -0.25) is 4.90 Å². The number of nitrogen functional groups attached to an aromatic ring is 1. The van der Waals surface area contributed by atoms with Crippen LogP contribution >= 0.6 is 0 Å². The van der Waals surface area contributed by atoms with Gasteiger partial charge >= 0.3 is 0 Å². The Morgan fingerprint density at radius 3 is 2.71 bits per heavy atom. The Morgan fingerprint density at radius 1 is 1.24 bits per heavy atom. The van der Waals surface area contributed by atoms with Crippen LogP contribution < -0.4 is 10.6 Å². The van der Waals surface area contributed by atoms with E-state index in [-0.39, 0.29) is 5.41 Å². The van der Waals surface area contributed by atoms with Gasteiger partial charge in [0.1, 0.15) is 17.5 Å². The molecule has 2 aliphatic heterocycles. The SMILES string of the molecule is CC1CN2CCCC2CN1c1cc(N)nc(C(C)(C)C)n1. The molecule has 0 aliphatic carbocycles. The maximum atomic E-state index is 6.03. The molecule has 5 nitrogen and oxygen atoms in total. The van der Waals surface area contributed by atoms with Crippen molar-refractivity contribution in [2.45, 2.75) is 58.0 Å². The Bertz CT molecular complexity index is 522. The molecule has 1 aromatic heterocycles. The highest BCUT2D eigenvalue weighted by Crippen LogP contribution is 2.29. The first kappa shape index (κ1) is 14.6. The van der Waals surface area contributed by atoms with E-state index in [1.807, 2.05) is 6.07 Å². The second-order valence-corrected chi connectivity index (χ2v) is 7.52. The largest absolute Gasteiger partial charge is 0.384 e. The van der Waals surface area contributed by atoms with Gasteiger partial charge in [-0.15, -0.1) is 0 Å². The predicted octanol–water partition coefficient (Wildman–Crippen LogP) is 2.03. The standard InChI is InChI=1S/C16H27N5/c1-11-9-20-7-5-6-12(20)10-21(11)14-8-13(17)18-15(19-14)16(2,3)4/h8,11-12H,5-7,9-10H2,1-4H3,(H2,17,18,19). The number of fused-ring (bicyclic) bond motifs is 1. The van der Waals surface area contributed by atoms with Gasteiger partial charge in [-0.1, -0.05) is 20.8 Å². The number of nitrogens with zero attached hydrogens (tertiary/aromatic N) is 4. The summed E-state index contributed by atoms with van der Waals surface area (Å²) < 4.78 is 0. The van der Waals surface area contributed by atoms with Crippen LogP contribution in [0.5, 0.6) is 0 Å². The van der Waals surface area contributed by atoms with Gasteiger partial charge in [-0.05, 0) is 26.3 Å². The van der Waals surface area contributed by atoms with Crippen LogP contribution in [0.1, 0.15) is 46.4 Å². The summed E-state index contributed by atoms with van der Waals surface area (Å²) in [7, 11) is 0. The Labute approximate surface area is 127 Å². The van der Waals surface area contributed by atoms with Gasteiger partial charge in [-0.2, -0.15) is 0 Å². The van der Waals surface area contributed by atoms with Crippen molar-refractivity contribution in [2.24, 2.45) is 0 Å². The van der Waals surface area contributed by atoms with Gasteiger partial charge in [0.25, 0.3) is 0 Å². The molecule has 0 amide bonds. The van der Waals surface area contributed by atoms with E-state index in [1.165, 1.54) is 19.4 Å².